The lowest BCUT2D eigenvalue weighted by Crippen LogP contribution is -2.16. The van der Waals surface area contributed by atoms with Gasteiger partial charge in [-0.25, -0.2) is 0 Å². The van der Waals surface area contributed by atoms with E-state index in [0.717, 1.165) is 21.7 Å². The lowest BCUT2D eigenvalue weighted by molar-refractivity contribution is 0.0875. The minimum absolute atomic E-state index is 0.0726. The van der Waals surface area contributed by atoms with Crippen LogP contribution >= 0.6 is 11.3 Å². The number of thiophene rings is 1. The van der Waals surface area contributed by atoms with E-state index in [1.165, 1.54) is 0 Å². The SMILES string of the molecule is CN1C(=O)c2ccccc2/C1=C/c1cccs1. The molecule has 0 saturated carbocycles. The van der Waals surface area contributed by atoms with Crippen LogP contribution in [0.2, 0.25) is 0 Å². The molecule has 0 radical (unpaired) electrons. The Kier molecular flexibility index (Phi) is 2.34. The molecule has 2 aromatic rings. The molecule has 17 heavy (non-hydrogen) atoms. The first kappa shape index (κ1) is 10.3. The topological polar surface area (TPSA) is 20.3 Å². The van der Waals surface area contributed by atoms with E-state index in [1.54, 1.807) is 16.2 Å². The summed E-state index contributed by atoms with van der Waals surface area (Å²) in [7, 11) is 1.82. The lowest BCUT2D eigenvalue weighted by atomic mass is 10.1. The second-order valence-electron chi connectivity index (χ2n) is 3.95. The highest BCUT2D eigenvalue weighted by molar-refractivity contribution is 7.10. The van der Waals surface area contributed by atoms with Crippen molar-refractivity contribution in [1.82, 2.24) is 4.90 Å². The van der Waals surface area contributed by atoms with Gasteiger partial charge in [-0.1, -0.05) is 24.3 Å². The van der Waals surface area contributed by atoms with Crippen LogP contribution in [0.1, 0.15) is 20.8 Å². The van der Waals surface area contributed by atoms with Crippen LogP contribution in [0.25, 0.3) is 11.8 Å². The Hall–Kier alpha value is -1.87. The van der Waals surface area contributed by atoms with Crippen molar-refractivity contribution >= 4 is 29.0 Å². The third kappa shape index (κ3) is 1.59. The minimum Gasteiger partial charge on any atom is -0.311 e. The molecule has 0 fully saturated rings. The third-order valence-corrected chi connectivity index (χ3v) is 3.74. The highest BCUT2D eigenvalue weighted by atomic mass is 32.1. The second-order valence-corrected chi connectivity index (χ2v) is 4.93. The van der Waals surface area contributed by atoms with Crippen LogP contribution in [0.5, 0.6) is 0 Å². The van der Waals surface area contributed by atoms with Crippen molar-refractivity contribution in [3.63, 3.8) is 0 Å². The summed E-state index contributed by atoms with van der Waals surface area (Å²) in [4.78, 5) is 14.9. The van der Waals surface area contributed by atoms with Crippen LogP contribution in [-0.2, 0) is 0 Å². The maximum absolute atomic E-state index is 12.0. The van der Waals surface area contributed by atoms with Crippen LogP contribution in [-0.4, -0.2) is 17.9 Å². The van der Waals surface area contributed by atoms with Gasteiger partial charge >= 0.3 is 0 Å². The predicted octanol–water partition coefficient (Wildman–Crippen LogP) is 3.33. The molecule has 1 amide bonds. The first-order chi connectivity index (χ1) is 8.27. The highest BCUT2D eigenvalue weighted by Gasteiger charge is 2.28. The molecule has 0 unspecified atom stereocenters. The van der Waals surface area contributed by atoms with Gasteiger partial charge in [-0.2, -0.15) is 0 Å². The van der Waals surface area contributed by atoms with Gasteiger partial charge in [0.1, 0.15) is 0 Å². The average Bonchev–Trinajstić information content (AvgIpc) is 2.94. The normalized spacial score (nSPS) is 16.6. The molecule has 0 bridgehead atoms. The fourth-order valence-corrected chi connectivity index (χ4v) is 2.70. The van der Waals surface area contributed by atoms with Gasteiger partial charge in [-0.05, 0) is 23.6 Å². The van der Waals surface area contributed by atoms with Crippen molar-refractivity contribution in [2.75, 3.05) is 7.05 Å². The monoisotopic (exact) mass is 241 g/mol. The van der Waals surface area contributed by atoms with Crippen LogP contribution < -0.4 is 0 Å². The smallest absolute Gasteiger partial charge is 0.258 e. The Balaban J connectivity index is 2.16. The number of amides is 1. The van der Waals surface area contributed by atoms with Gasteiger partial charge in [-0.15, -0.1) is 11.3 Å². The van der Waals surface area contributed by atoms with E-state index < -0.39 is 0 Å². The number of carbonyl (C=O) groups is 1. The Bertz CT molecular complexity index is 598. The van der Waals surface area contributed by atoms with Crippen LogP contribution in [0, 0.1) is 0 Å². The van der Waals surface area contributed by atoms with E-state index in [-0.39, 0.29) is 5.91 Å². The van der Waals surface area contributed by atoms with Gasteiger partial charge < -0.3 is 4.90 Å². The Morgan fingerprint density at radius 3 is 2.59 bits per heavy atom. The predicted molar refractivity (Wildman–Crippen MR) is 70.7 cm³/mol. The third-order valence-electron chi connectivity index (χ3n) is 2.92. The van der Waals surface area contributed by atoms with E-state index in [9.17, 15) is 4.79 Å². The number of fused-ring (bicyclic) bond motifs is 1. The zero-order valence-electron chi connectivity index (χ0n) is 9.38. The van der Waals surface area contributed by atoms with Crippen molar-refractivity contribution in [3.8, 4) is 0 Å². The van der Waals surface area contributed by atoms with E-state index in [4.69, 9.17) is 0 Å². The first-order valence-electron chi connectivity index (χ1n) is 5.40. The summed E-state index contributed by atoms with van der Waals surface area (Å²) in [5.74, 6) is 0.0726. The zero-order chi connectivity index (χ0) is 11.8. The van der Waals surface area contributed by atoms with Crippen LogP contribution in [0.3, 0.4) is 0 Å². The largest absolute Gasteiger partial charge is 0.311 e. The molecule has 0 atom stereocenters. The summed E-state index contributed by atoms with van der Waals surface area (Å²) in [5.41, 5.74) is 2.79. The van der Waals surface area contributed by atoms with E-state index in [0.29, 0.717) is 0 Å². The van der Waals surface area contributed by atoms with Crippen molar-refractivity contribution < 1.29 is 4.79 Å². The average molecular weight is 241 g/mol. The van der Waals surface area contributed by atoms with Crippen molar-refractivity contribution in [2.45, 2.75) is 0 Å². The highest BCUT2D eigenvalue weighted by Crippen LogP contribution is 2.33. The molecule has 2 heterocycles. The molecule has 0 saturated heterocycles. The summed E-state index contributed by atoms with van der Waals surface area (Å²) < 4.78 is 0. The van der Waals surface area contributed by atoms with Gasteiger partial charge in [0.05, 0.1) is 5.70 Å². The van der Waals surface area contributed by atoms with E-state index in [2.05, 4.69) is 12.1 Å². The number of hydrogen-bond donors (Lipinski definition) is 0. The van der Waals surface area contributed by atoms with Gasteiger partial charge in [0.2, 0.25) is 0 Å². The molecule has 0 spiro atoms. The minimum atomic E-state index is 0.0726. The summed E-state index contributed by atoms with van der Waals surface area (Å²) in [6.07, 6.45) is 2.06. The summed E-state index contributed by atoms with van der Waals surface area (Å²) in [6, 6.07) is 11.8. The summed E-state index contributed by atoms with van der Waals surface area (Å²) >= 11 is 1.67. The molecular weight excluding hydrogens is 230 g/mol. The lowest BCUT2D eigenvalue weighted by Gasteiger charge is -2.10. The van der Waals surface area contributed by atoms with Gasteiger partial charge in [0.25, 0.3) is 5.91 Å². The second kappa shape index (κ2) is 3.86. The Morgan fingerprint density at radius 2 is 1.88 bits per heavy atom. The van der Waals surface area contributed by atoms with Crippen molar-refractivity contribution in [1.29, 1.82) is 0 Å². The van der Waals surface area contributed by atoms with Gasteiger partial charge in [0, 0.05) is 23.1 Å². The number of rotatable bonds is 1. The maximum atomic E-state index is 12.0. The summed E-state index contributed by atoms with van der Waals surface area (Å²) in [5, 5.41) is 2.04. The quantitative estimate of drug-likeness (QED) is 0.750. The van der Waals surface area contributed by atoms with Crippen molar-refractivity contribution in [3.05, 3.63) is 57.8 Å². The fourth-order valence-electron chi connectivity index (χ4n) is 2.05. The molecule has 3 rings (SSSR count). The molecule has 0 aliphatic carbocycles. The first-order valence-corrected chi connectivity index (χ1v) is 6.28. The molecule has 0 N–H and O–H groups in total. The molecule has 1 aliphatic heterocycles. The maximum Gasteiger partial charge on any atom is 0.258 e. The number of benzene rings is 1. The Morgan fingerprint density at radius 1 is 1.12 bits per heavy atom. The number of nitrogens with zero attached hydrogens (tertiary/aromatic N) is 1. The summed E-state index contributed by atoms with van der Waals surface area (Å²) in [6.45, 7) is 0. The number of hydrogen-bond acceptors (Lipinski definition) is 2. The number of carbonyl (C=O) groups excluding carboxylic acids is 1. The van der Waals surface area contributed by atoms with E-state index in [1.807, 2.05) is 42.8 Å². The molecular formula is C14H11NOS. The van der Waals surface area contributed by atoms with Crippen molar-refractivity contribution in [2.24, 2.45) is 0 Å². The molecule has 2 nitrogen and oxygen atoms in total. The molecule has 84 valence electrons. The standard InChI is InChI=1S/C14H11NOS/c1-15-13(9-10-5-4-8-17-10)11-6-2-3-7-12(11)14(15)16/h2-9H,1H3/b13-9-. The van der Waals surface area contributed by atoms with Gasteiger partial charge in [0.15, 0.2) is 0 Å². The Labute approximate surface area is 104 Å². The van der Waals surface area contributed by atoms with Crippen LogP contribution in [0.15, 0.2) is 41.8 Å². The molecule has 1 aromatic carbocycles. The molecule has 3 heteroatoms. The zero-order valence-corrected chi connectivity index (χ0v) is 10.2. The fraction of sp³-hybridized carbons (Fsp3) is 0.0714. The molecule has 1 aliphatic rings. The van der Waals surface area contributed by atoms with E-state index >= 15 is 0 Å². The van der Waals surface area contributed by atoms with Gasteiger partial charge in [-0.3, -0.25) is 4.79 Å². The van der Waals surface area contributed by atoms with Crippen LogP contribution in [0.4, 0.5) is 0 Å². The molecule has 1 aromatic heterocycles.